The van der Waals surface area contributed by atoms with Gasteiger partial charge in [-0.25, -0.2) is 4.98 Å². The average Bonchev–Trinajstić information content (AvgIpc) is 2.99. The second-order valence-corrected chi connectivity index (χ2v) is 5.70. The van der Waals surface area contributed by atoms with Gasteiger partial charge in [0.15, 0.2) is 0 Å². The quantitative estimate of drug-likeness (QED) is 0.805. The van der Waals surface area contributed by atoms with Crippen LogP contribution in [0.25, 0.3) is 0 Å². The number of ether oxygens (including phenoxy) is 1. The van der Waals surface area contributed by atoms with Crippen LogP contribution < -0.4 is 10.6 Å². The first kappa shape index (κ1) is 14.3. The summed E-state index contributed by atoms with van der Waals surface area (Å²) in [6.45, 7) is 3.45. The van der Waals surface area contributed by atoms with Gasteiger partial charge in [-0.3, -0.25) is 0 Å². The molecule has 3 rings (SSSR count). The molecule has 5 heteroatoms. The van der Waals surface area contributed by atoms with Crippen molar-refractivity contribution >= 4 is 5.82 Å². The summed E-state index contributed by atoms with van der Waals surface area (Å²) in [7, 11) is 0. The molecule has 0 radical (unpaired) electrons. The lowest BCUT2D eigenvalue weighted by Gasteiger charge is -2.23. The minimum atomic E-state index is 0.372. The van der Waals surface area contributed by atoms with Crippen molar-refractivity contribution in [1.82, 2.24) is 10.3 Å². The number of aromatic nitrogens is 1. The lowest BCUT2D eigenvalue weighted by Crippen LogP contribution is -2.33. The van der Waals surface area contributed by atoms with E-state index in [0.29, 0.717) is 30.6 Å². The monoisotopic (exact) mass is 286 g/mol. The van der Waals surface area contributed by atoms with Gasteiger partial charge in [-0.05, 0) is 56.8 Å². The molecule has 2 heterocycles. The van der Waals surface area contributed by atoms with E-state index in [1.165, 1.54) is 5.56 Å². The molecule has 0 bridgehead atoms. The highest BCUT2D eigenvalue weighted by molar-refractivity contribution is 5.55. The highest BCUT2D eigenvalue weighted by atomic mass is 16.5. The molecule has 1 aromatic heterocycles. The smallest absolute Gasteiger partial charge is 0.144 e. The van der Waals surface area contributed by atoms with Crippen molar-refractivity contribution in [3.63, 3.8) is 0 Å². The molecule has 1 aromatic rings. The third-order valence-corrected chi connectivity index (χ3v) is 4.21. The molecule has 1 fully saturated rings. The van der Waals surface area contributed by atoms with Crippen molar-refractivity contribution in [2.75, 3.05) is 31.6 Å². The molecule has 0 saturated carbocycles. The topological polar surface area (TPSA) is 70.0 Å². The molecule has 5 nitrogen and oxygen atoms in total. The largest absolute Gasteiger partial charge is 0.376 e. The van der Waals surface area contributed by atoms with E-state index < -0.39 is 0 Å². The Morgan fingerprint density at radius 2 is 2.24 bits per heavy atom. The lowest BCUT2D eigenvalue weighted by molar-refractivity contribution is 0.0394. The number of hydrogen-bond donors (Lipinski definition) is 2. The number of anilines is 1. The summed E-state index contributed by atoms with van der Waals surface area (Å²) in [5.74, 6) is 0.715. The molecule has 1 saturated heterocycles. The molecule has 112 valence electrons. The van der Waals surface area contributed by atoms with Crippen LogP contribution in [0.2, 0.25) is 0 Å². The van der Waals surface area contributed by atoms with Crippen LogP contribution in [0.1, 0.15) is 36.1 Å². The molecule has 2 aliphatic rings. The summed E-state index contributed by atoms with van der Waals surface area (Å²) < 4.78 is 5.86. The van der Waals surface area contributed by atoms with Gasteiger partial charge in [0.25, 0.3) is 0 Å². The maximum Gasteiger partial charge on any atom is 0.144 e. The Bertz CT molecular complexity index is 532. The standard InChI is InChI=1S/C16H22N4O/c17-11-13-10-12-2-1-3-15(12)20-16(13)19-8-9-21-14-4-6-18-7-5-14/h10,14,18H,1-9H2,(H,19,20). The van der Waals surface area contributed by atoms with E-state index in [1.807, 2.05) is 6.07 Å². The van der Waals surface area contributed by atoms with Crippen molar-refractivity contribution < 1.29 is 4.74 Å². The summed E-state index contributed by atoms with van der Waals surface area (Å²) in [6, 6.07) is 4.23. The number of nitriles is 1. The van der Waals surface area contributed by atoms with Crippen LogP contribution >= 0.6 is 0 Å². The van der Waals surface area contributed by atoms with Gasteiger partial charge in [0.05, 0.1) is 18.3 Å². The van der Waals surface area contributed by atoms with Crippen LogP contribution in [0.3, 0.4) is 0 Å². The maximum atomic E-state index is 9.24. The van der Waals surface area contributed by atoms with Crippen molar-refractivity contribution in [2.24, 2.45) is 0 Å². The number of fused-ring (bicyclic) bond motifs is 1. The molecule has 21 heavy (non-hydrogen) atoms. The van der Waals surface area contributed by atoms with Crippen molar-refractivity contribution in [3.8, 4) is 6.07 Å². The highest BCUT2D eigenvalue weighted by Crippen LogP contribution is 2.24. The zero-order chi connectivity index (χ0) is 14.5. The second kappa shape index (κ2) is 6.88. The minimum absolute atomic E-state index is 0.372. The first-order chi connectivity index (χ1) is 10.4. The Labute approximate surface area is 125 Å². The van der Waals surface area contributed by atoms with E-state index in [1.54, 1.807) is 0 Å². The van der Waals surface area contributed by atoms with Crippen molar-refractivity contribution in [3.05, 3.63) is 22.9 Å². The Morgan fingerprint density at radius 1 is 1.38 bits per heavy atom. The van der Waals surface area contributed by atoms with Gasteiger partial charge in [-0.15, -0.1) is 0 Å². The van der Waals surface area contributed by atoms with Gasteiger partial charge in [0.2, 0.25) is 0 Å². The van der Waals surface area contributed by atoms with Gasteiger partial charge in [0.1, 0.15) is 11.9 Å². The van der Waals surface area contributed by atoms with Crippen LogP contribution in [0.5, 0.6) is 0 Å². The molecule has 0 aromatic carbocycles. The van der Waals surface area contributed by atoms with E-state index in [2.05, 4.69) is 21.7 Å². The molecule has 0 spiro atoms. The molecule has 0 unspecified atom stereocenters. The highest BCUT2D eigenvalue weighted by Gasteiger charge is 2.16. The fourth-order valence-corrected chi connectivity index (χ4v) is 3.05. The Hall–Kier alpha value is -1.64. The number of aryl methyl sites for hydroxylation is 2. The normalized spacial score (nSPS) is 18.2. The zero-order valence-electron chi connectivity index (χ0n) is 12.3. The summed E-state index contributed by atoms with van der Waals surface area (Å²) in [5.41, 5.74) is 3.04. The fraction of sp³-hybridized carbons (Fsp3) is 0.625. The van der Waals surface area contributed by atoms with E-state index in [0.717, 1.165) is 50.9 Å². The van der Waals surface area contributed by atoms with Gasteiger partial charge in [-0.1, -0.05) is 0 Å². The Balaban J connectivity index is 1.52. The molecular formula is C16H22N4O. The van der Waals surface area contributed by atoms with Gasteiger partial charge >= 0.3 is 0 Å². The third kappa shape index (κ3) is 3.52. The average molecular weight is 286 g/mol. The predicted molar refractivity (Wildman–Crippen MR) is 81.3 cm³/mol. The third-order valence-electron chi connectivity index (χ3n) is 4.21. The van der Waals surface area contributed by atoms with Crippen LogP contribution in [0.4, 0.5) is 5.82 Å². The number of piperidine rings is 1. The maximum absolute atomic E-state index is 9.24. The van der Waals surface area contributed by atoms with Gasteiger partial charge in [0, 0.05) is 12.2 Å². The first-order valence-corrected chi connectivity index (χ1v) is 7.86. The summed E-state index contributed by atoms with van der Waals surface area (Å²) in [6.07, 6.45) is 5.77. The molecule has 0 atom stereocenters. The van der Waals surface area contributed by atoms with E-state index in [9.17, 15) is 5.26 Å². The molecule has 2 N–H and O–H groups in total. The fourth-order valence-electron chi connectivity index (χ4n) is 3.05. The minimum Gasteiger partial charge on any atom is -0.376 e. The van der Waals surface area contributed by atoms with E-state index >= 15 is 0 Å². The lowest BCUT2D eigenvalue weighted by atomic mass is 10.1. The number of hydrogen-bond acceptors (Lipinski definition) is 5. The van der Waals surface area contributed by atoms with Crippen LogP contribution in [0, 0.1) is 11.3 Å². The number of nitrogens with zero attached hydrogens (tertiary/aromatic N) is 2. The molecule has 0 amide bonds. The molecular weight excluding hydrogens is 264 g/mol. The Kier molecular flexibility index (Phi) is 4.69. The van der Waals surface area contributed by atoms with Crippen LogP contribution in [0.15, 0.2) is 6.07 Å². The van der Waals surface area contributed by atoms with Crippen molar-refractivity contribution in [1.29, 1.82) is 5.26 Å². The van der Waals surface area contributed by atoms with E-state index in [-0.39, 0.29) is 0 Å². The number of nitrogens with one attached hydrogen (secondary N) is 2. The number of rotatable bonds is 5. The van der Waals surface area contributed by atoms with E-state index in [4.69, 9.17) is 4.74 Å². The first-order valence-electron chi connectivity index (χ1n) is 7.86. The van der Waals surface area contributed by atoms with Crippen LogP contribution in [-0.4, -0.2) is 37.3 Å². The molecule has 1 aliphatic carbocycles. The summed E-state index contributed by atoms with van der Waals surface area (Å²) >= 11 is 0. The summed E-state index contributed by atoms with van der Waals surface area (Å²) in [4.78, 5) is 4.61. The molecule has 1 aliphatic heterocycles. The SMILES string of the molecule is N#Cc1cc2c(nc1NCCOC1CCNCC1)CCC2. The number of pyridine rings is 1. The second-order valence-electron chi connectivity index (χ2n) is 5.70. The zero-order valence-corrected chi connectivity index (χ0v) is 12.3. The van der Waals surface area contributed by atoms with Gasteiger partial charge < -0.3 is 15.4 Å². The Morgan fingerprint density at radius 3 is 3.05 bits per heavy atom. The van der Waals surface area contributed by atoms with Crippen LogP contribution in [-0.2, 0) is 17.6 Å². The summed E-state index contributed by atoms with van der Waals surface area (Å²) in [5, 5.41) is 15.8. The van der Waals surface area contributed by atoms with Gasteiger partial charge in [-0.2, -0.15) is 5.26 Å². The predicted octanol–water partition coefficient (Wildman–Crippen LogP) is 1.62. The van der Waals surface area contributed by atoms with Crippen molar-refractivity contribution in [2.45, 2.75) is 38.2 Å².